The number of anilines is 1. The first-order valence-corrected chi connectivity index (χ1v) is 6.59. The summed E-state index contributed by atoms with van der Waals surface area (Å²) in [5, 5.41) is 7.46. The fourth-order valence-corrected chi connectivity index (χ4v) is 2.41. The first-order chi connectivity index (χ1) is 8.93. The van der Waals surface area contributed by atoms with E-state index in [0.717, 1.165) is 17.8 Å². The Hall–Kier alpha value is -1.85. The van der Waals surface area contributed by atoms with E-state index >= 15 is 0 Å². The van der Waals surface area contributed by atoms with Crippen LogP contribution in [-0.4, -0.2) is 38.6 Å². The fraction of sp³-hybridized carbons (Fsp3) is 0.615. The zero-order valence-electron chi connectivity index (χ0n) is 11.8. The topological polar surface area (TPSA) is 67.2 Å². The van der Waals surface area contributed by atoms with Gasteiger partial charge in [0, 0.05) is 19.3 Å². The van der Waals surface area contributed by atoms with Crippen LogP contribution >= 0.6 is 0 Å². The SMILES string of the molecule is CCc1nn(C)cc1NC1CC(=O)N(C(C)C)C1=O. The molecule has 2 heterocycles. The molecule has 1 aromatic rings. The third-order valence-corrected chi connectivity index (χ3v) is 3.27. The van der Waals surface area contributed by atoms with Gasteiger partial charge in [-0.1, -0.05) is 6.92 Å². The largest absolute Gasteiger partial charge is 0.370 e. The van der Waals surface area contributed by atoms with Gasteiger partial charge in [-0.15, -0.1) is 0 Å². The summed E-state index contributed by atoms with van der Waals surface area (Å²) in [5.74, 6) is -0.259. The molecule has 0 saturated carbocycles. The quantitative estimate of drug-likeness (QED) is 0.822. The van der Waals surface area contributed by atoms with Gasteiger partial charge in [0.05, 0.1) is 17.8 Å². The molecule has 1 unspecified atom stereocenters. The van der Waals surface area contributed by atoms with E-state index in [4.69, 9.17) is 0 Å². The number of rotatable bonds is 4. The number of likely N-dealkylation sites (tertiary alicyclic amines) is 1. The van der Waals surface area contributed by atoms with E-state index in [1.165, 1.54) is 4.90 Å². The van der Waals surface area contributed by atoms with Crippen LogP contribution in [0, 0.1) is 0 Å². The van der Waals surface area contributed by atoms with Crippen molar-refractivity contribution < 1.29 is 9.59 Å². The summed E-state index contributed by atoms with van der Waals surface area (Å²) in [6, 6.07) is -0.559. The fourth-order valence-electron chi connectivity index (χ4n) is 2.41. The summed E-state index contributed by atoms with van der Waals surface area (Å²) in [6.45, 7) is 5.70. The van der Waals surface area contributed by atoms with Crippen molar-refractivity contribution in [3.63, 3.8) is 0 Å². The van der Waals surface area contributed by atoms with E-state index in [9.17, 15) is 9.59 Å². The zero-order valence-corrected chi connectivity index (χ0v) is 11.8. The lowest BCUT2D eigenvalue weighted by Crippen LogP contribution is -2.39. The van der Waals surface area contributed by atoms with Crippen molar-refractivity contribution in [1.29, 1.82) is 0 Å². The molecule has 6 heteroatoms. The van der Waals surface area contributed by atoms with E-state index in [-0.39, 0.29) is 24.3 Å². The van der Waals surface area contributed by atoms with Gasteiger partial charge < -0.3 is 5.32 Å². The number of carbonyl (C=O) groups is 2. The summed E-state index contributed by atoms with van der Waals surface area (Å²) in [7, 11) is 1.84. The van der Waals surface area contributed by atoms with Gasteiger partial charge in [0.1, 0.15) is 6.04 Å². The number of imide groups is 1. The van der Waals surface area contributed by atoms with Crippen LogP contribution in [0.2, 0.25) is 0 Å². The number of hydrogen-bond donors (Lipinski definition) is 1. The highest BCUT2D eigenvalue weighted by molar-refractivity contribution is 6.07. The van der Waals surface area contributed by atoms with Crippen molar-refractivity contribution in [3.8, 4) is 0 Å². The van der Waals surface area contributed by atoms with Gasteiger partial charge in [0.15, 0.2) is 0 Å². The maximum atomic E-state index is 12.2. The smallest absolute Gasteiger partial charge is 0.252 e. The lowest BCUT2D eigenvalue weighted by atomic mass is 10.2. The molecule has 0 aliphatic carbocycles. The predicted molar refractivity (Wildman–Crippen MR) is 71.6 cm³/mol. The molecule has 2 rings (SSSR count). The Labute approximate surface area is 112 Å². The zero-order chi connectivity index (χ0) is 14.2. The van der Waals surface area contributed by atoms with Gasteiger partial charge in [-0.3, -0.25) is 19.2 Å². The average molecular weight is 264 g/mol. The number of carbonyl (C=O) groups excluding carboxylic acids is 2. The number of amides is 2. The number of nitrogens with one attached hydrogen (secondary N) is 1. The van der Waals surface area contributed by atoms with Crippen LogP contribution in [-0.2, 0) is 23.1 Å². The molecule has 0 radical (unpaired) electrons. The van der Waals surface area contributed by atoms with Gasteiger partial charge >= 0.3 is 0 Å². The van der Waals surface area contributed by atoms with Crippen LogP contribution in [0.4, 0.5) is 5.69 Å². The highest BCUT2D eigenvalue weighted by Crippen LogP contribution is 2.22. The summed E-state index contributed by atoms with van der Waals surface area (Å²) in [5.41, 5.74) is 1.74. The third-order valence-electron chi connectivity index (χ3n) is 3.27. The van der Waals surface area contributed by atoms with Crippen LogP contribution in [0.3, 0.4) is 0 Å². The van der Waals surface area contributed by atoms with Gasteiger partial charge in [-0.25, -0.2) is 0 Å². The van der Waals surface area contributed by atoms with Crippen molar-refractivity contribution >= 4 is 17.5 Å². The van der Waals surface area contributed by atoms with Crippen LogP contribution in [0.1, 0.15) is 32.9 Å². The number of aryl methyl sites for hydroxylation is 2. The summed E-state index contributed by atoms with van der Waals surface area (Å²) < 4.78 is 1.71. The molecule has 1 aromatic heterocycles. The second-order valence-electron chi connectivity index (χ2n) is 5.11. The van der Waals surface area contributed by atoms with Crippen molar-refractivity contribution in [2.24, 2.45) is 7.05 Å². The number of aromatic nitrogens is 2. The van der Waals surface area contributed by atoms with E-state index in [1.54, 1.807) is 4.68 Å². The molecule has 0 aromatic carbocycles. The first kappa shape index (κ1) is 13.6. The van der Waals surface area contributed by atoms with Crippen LogP contribution in [0.25, 0.3) is 0 Å². The Morgan fingerprint density at radius 3 is 2.68 bits per heavy atom. The second-order valence-corrected chi connectivity index (χ2v) is 5.11. The van der Waals surface area contributed by atoms with Crippen molar-refractivity contribution in [1.82, 2.24) is 14.7 Å². The number of nitrogens with zero attached hydrogens (tertiary/aromatic N) is 3. The van der Waals surface area contributed by atoms with Gasteiger partial charge in [0.25, 0.3) is 5.91 Å². The molecule has 1 aliphatic rings. The molecule has 1 saturated heterocycles. The predicted octanol–water partition coefficient (Wildman–Crippen LogP) is 0.930. The highest BCUT2D eigenvalue weighted by Gasteiger charge is 2.40. The monoisotopic (exact) mass is 264 g/mol. The lowest BCUT2D eigenvalue weighted by molar-refractivity contribution is -0.140. The third kappa shape index (κ3) is 2.47. The van der Waals surface area contributed by atoms with Crippen molar-refractivity contribution in [3.05, 3.63) is 11.9 Å². The molecule has 2 amide bonds. The normalized spacial score (nSPS) is 19.6. The number of hydrogen-bond acceptors (Lipinski definition) is 4. The molecule has 19 heavy (non-hydrogen) atoms. The second kappa shape index (κ2) is 5.03. The Morgan fingerprint density at radius 1 is 1.47 bits per heavy atom. The van der Waals surface area contributed by atoms with Crippen LogP contribution in [0.5, 0.6) is 0 Å². The lowest BCUT2D eigenvalue weighted by Gasteiger charge is -2.19. The molecular weight excluding hydrogens is 244 g/mol. The van der Waals surface area contributed by atoms with E-state index in [0.29, 0.717) is 0 Å². The molecule has 0 bridgehead atoms. The van der Waals surface area contributed by atoms with E-state index < -0.39 is 6.04 Å². The van der Waals surface area contributed by atoms with E-state index in [1.807, 2.05) is 34.0 Å². The Bertz CT molecular complexity index is 507. The molecule has 1 atom stereocenters. The van der Waals surface area contributed by atoms with Crippen molar-refractivity contribution in [2.75, 3.05) is 5.32 Å². The minimum atomic E-state index is -0.468. The van der Waals surface area contributed by atoms with E-state index in [2.05, 4.69) is 10.4 Å². The minimum Gasteiger partial charge on any atom is -0.370 e. The highest BCUT2D eigenvalue weighted by atomic mass is 16.2. The molecule has 1 N–H and O–H groups in total. The van der Waals surface area contributed by atoms with Gasteiger partial charge in [-0.2, -0.15) is 5.10 Å². The Kier molecular flexibility index (Phi) is 3.59. The Balaban J connectivity index is 2.16. The first-order valence-electron chi connectivity index (χ1n) is 6.59. The molecule has 104 valence electrons. The van der Waals surface area contributed by atoms with Gasteiger partial charge in [0.2, 0.25) is 5.91 Å². The molecule has 1 fully saturated rings. The molecule has 1 aliphatic heterocycles. The average Bonchev–Trinajstić information content (AvgIpc) is 2.80. The molecule has 6 nitrogen and oxygen atoms in total. The molecular formula is C13H20N4O2. The molecule has 0 spiro atoms. The van der Waals surface area contributed by atoms with Crippen molar-refractivity contribution in [2.45, 2.75) is 45.7 Å². The Morgan fingerprint density at radius 2 is 2.16 bits per heavy atom. The summed E-state index contributed by atoms with van der Waals surface area (Å²) in [6.07, 6.45) is 2.84. The standard InChI is InChI=1S/C13H20N4O2/c1-5-9-11(7-16(4)15-9)14-10-6-12(18)17(8(2)3)13(10)19/h7-8,10,14H,5-6H2,1-4H3. The summed E-state index contributed by atoms with van der Waals surface area (Å²) >= 11 is 0. The maximum Gasteiger partial charge on any atom is 0.252 e. The van der Waals surface area contributed by atoms with Crippen LogP contribution < -0.4 is 5.32 Å². The van der Waals surface area contributed by atoms with Gasteiger partial charge in [-0.05, 0) is 20.3 Å². The summed E-state index contributed by atoms with van der Waals surface area (Å²) in [4.78, 5) is 25.3. The minimum absolute atomic E-state index is 0.0913. The maximum absolute atomic E-state index is 12.2. The van der Waals surface area contributed by atoms with Crippen LogP contribution in [0.15, 0.2) is 6.20 Å².